The Morgan fingerprint density at radius 2 is 0.886 bits per heavy atom. The van der Waals surface area contributed by atoms with Gasteiger partial charge in [-0.3, -0.25) is 56.6 Å². The number of aromatic amines is 2. The van der Waals surface area contributed by atoms with Gasteiger partial charge in [-0.15, -0.1) is 17.8 Å². The van der Waals surface area contributed by atoms with Crippen molar-refractivity contribution in [3.63, 3.8) is 0 Å². The highest BCUT2D eigenvalue weighted by Crippen LogP contribution is 2.56. The molecule has 43 heteroatoms. The highest BCUT2D eigenvalue weighted by Gasteiger charge is 2.61. The highest BCUT2D eigenvalue weighted by atomic mass is 31.2. The van der Waals surface area contributed by atoms with Crippen molar-refractivity contribution >= 4 is 91.8 Å². The number of alkyl halides is 3. The summed E-state index contributed by atoms with van der Waals surface area (Å²) in [7, 11) is -13.8. The number of nitrogens with one attached hydrogen (secondary N) is 2. The Balaban J connectivity index is 0.000000201. The standard InChI is InChI=1S/C27H31F2N4O8P.C27H32FN4O8P.C26H31FN5O7P/c1-5-11-27(29)21(34)19(40-25(27)33-12-18(28)20-22(33)31-26(30)32-23(20)35)13-38-42(37,41-17-9-7-6-8-10-17)14-16(4)24(36)39-15(2)3;1-5-12-27(28)21(33)20(39-25(27)32-13-11-19-22(32)30-26(29)31-23(19)34)14-37-41(36,40-18-9-7-6-8-10-18)15-17(4)24(35)38-16(2)3;1-5-11-26(27)21(33)20(38-24(26)32-15-30-19-12-29-25(28)31-22(19)32)13-36-40(35,39-18-9-7-6-8-10-18)14-17(4)23(34)37-16(2)3/h6-10,12,15-16,19,21,25,34H,13-14H2,1-4H3,(H3,30,31,32,35);6-11,13,16-17,20-21,25,33H,14-15H2,1-4H3,(H3,29,30,31,34);6-10,12,15-17,20-21,24,33H,13-14H2,1-4H3,(H2,28,29,31)/t16-,19-,21+,25-,27?,42+;17-,20-,21+,25-,27?,41+;17-,20-,21+,24-,26?,40+/m111/s1/i13D2;14D2;13D2. The number of nitrogens with zero attached hydrogens (tertiary/aromatic N) is 8. The maximum Gasteiger partial charge on any atom is 0.380 e. The molecule has 6 aromatic heterocycles. The third kappa shape index (κ3) is 22.1. The summed E-state index contributed by atoms with van der Waals surface area (Å²) >= 11 is 0. The van der Waals surface area contributed by atoms with Crippen LogP contribution < -0.4 is 41.9 Å². The molecule has 18 atom stereocenters. The van der Waals surface area contributed by atoms with Gasteiger partial charge in [-0.1, -0.05) is 93.1 Å². The highest BCUT2D eigenvalue weighted by molar-refractivity contribution is 7.55. The molecule has 0 spiro atoms. The number of nitrogen functional groups attached to an aromatic ring is 3. The Kier molecular flexibility index (Phi) is 27.6. The number of esters is 3. The Labute approximate surface area is 710 Å². The molecule has 0 bridgehead atoms. The van der Waals surface area contributed by atoms with Gasteiger partial charge in [0, 0.05) is 12.4 Å². The van der Waals surface area contributed by atoms with Crippen LogP contribution in [0.2, 0.25) is 0 Å². The number of imidazole rings is 1. The molecule has 12 rings (SSSR count). The number of anilines is 3. The summed E-state index contributed by atoms with van der Waals surface area (Å²) in [5.41, 5.74) is 6.04. The number of benzene rings is 3. The summed E-state index contributed by atoms with van der Waals surface area (Å²) in [4.78, 5) is 86.5. The molecule has 3 aliphatic heterocycles. The number of fused-ring (bicyclic) bond motifs is 3. The minimum Gasteiger partial charge on any atom is -0.463 e. The monoisotopic (exact) mass is 1780 g/mol. The minimum atomic E-state index is -4.66. The lowest BCUT2D eigenvalue weighted by molar-refractivity contribution is -0.152. The van der Waals surface area contributed by atoms with Crippen LogP contribution in [0.4, 0.5) is 35.4 Å². The molecule has 36 nitrogen and oxygen atoms in total. The lowest BCUT2D eigenvalue weighted by Crippen LogP contribution is -2.42. The summed E-state index contributed by atoms with van der Waals surface area (Å²) in [6.07, 6.45) is -18.1. The van der Waals surface area contributed by atoms with E-state index in [2.05, 4.69) is 70.4 Å². The molecule has 0 radical (unpaired) electrons. The second kappa shape index (κ2) is 39.7. The van der Waals surface area contributed by atoms with Gasteiger partial charge in [0.2, 0.25) is 34.9 Å². The molecule has 3 aromatic carbocycles. The second-order valence-electron chi connectivity index (χ2n) is 28.9. The third-order valence-electron chi connectivity index (χ3n) is 18.0. The van der Waals surface area contributed by atoms with Crippen molar-refractivity contribution < 1.29 is 125 Å². The van der Waals surface area contributed by atoms with Crippen molar-refractivity contribution in [1.82, 2.24) is 48.6 Å². The molecule has 660 valence electrons. The fraction of sp³-hybridized carbons (Fsp3) is 0.450. The maximum atomic E-state index is 16.6. The molecule has 3 fully saturated rings. The van der Waals surface area contributed by atoms with Crippen molar-refractivity contribution in [2.75, 3.05) is 55.4 Å². The molecule has 123 heavy (non-hydrogen) atoms. The van der Waals surface area contributed by atoms with E-state index in [-0.39, 0.29) is 51.3 Å². The van der Waals surface area contributed by atoms with E-state index in [9.17, 15) is 57.4 Å². The zero-order chi connectivity index (χ0) is 95.2. The van der Waals surface area contributed by atoms with Crippen LogP contribution in [0.5, 0.6) is 17.2 Å². The van der Waals surface area contributed by atoms with Crippen LogP contribution in [0, 0.1) is 59.1 Å². The molecular formula is C80H94F4N13O23P3. The number of carbonyl (C=O) groups is 3. The molecule has 3 unspecified atom stereocenters. The van der Waals surface area contributed by atoms with Gasteiger partial charge < -0.3 is 79.1 Å². The average Bonchev–Trinajstić information content (AvgIpc) is 1.58. The summed E-state index contributed by atoms with van der Waals surface area (Å²) in [6, 6.07) is 24.4. The number of nitrogens with two attached hydrogens (primary N) is 3. The van der Waals surface area contributed by atoms with E-state index < -0.39 is 221 Å². The summed E-state index contributed by atoms with van der Waals surface area (Å²) in [6.45, 7) is 8.22. The van der Waals surface area contributed by atoms with E-state index in [1.807, 2.05) is 0 Å². The zero-order valence-electron chi connectivity index (χ0n) is 74.0. The van der Waals surface area contributed by atoms with Gasteiger partial charge in [0.1, 0.15) is 64.8 Å². The van der Waals surface area contributed by atoms with Crippen LogP contribution in [0.15, 0.2) is 132 Å². The van der Waals surface area contributed by atoms with E-state index in [0.717, 1.165) is 15.5 Å². The first kappa shape index (κ1) is 85.5. The normalized spacial score (nSPS) is 25.5. The van der Waals surface area contributed by atoms with Crippen molar-refractivity contribution in [3.05, 3.63) is 149 Å². The van der Waals surface area contributed by atoms with E-state index in [1.165, 1.54) is 96.4 Å². The van der Waals surface area contributed by atoms with Crippen molar-refractivity contribution in [1.29, 1.82) is 0 Å². The van der Waals surface area contributed by atoms with Crippen LogP contribution in [0.25, 0.3) is 33.2 Å². The number of aromatic nitrogens is 10. The quantitative estimate of drug-likeness (QED) is 0.00682. The first-order chi connectivity index (χ1) is 60.3. The number of H-pyrrole nitrogens is 2. The number of aliphatic hydroxyl groups is 3. The predicted octanol–water partition coefficient (Wildman–Crippen LogP) is 9.76. The molecule has 0 aliphatic carbocycles. The molecular weight excluding hydrogens is 1680 g/mol. The van der Waals surface area contributed by atoms with E-state index in [4.69, 9.17) is 81.0 Å². The van der Waals surface area contributed by atoms with Gasteiger partial charge in [0.25, 0.3) is 11.1 Å². The van der Waals surface area contributed by atoms with Crippen LogP contribution in [-0.4, -0.2) is 192 Å². The van der Waals surface area contributed by atoms with Gasteiger partial charge in [0.05, 0.1) is 100 Å². The van der Waals surface area contributed by atoms with Gasteiger partial charge in [-0.05, 0) is 105 Å². The molecule has 3 saturated heterocycles. The Morgan fingerprint density at radius 3 is 1.26 bits per heavy atom. The third-order valence-corrected chi connectivity index (χ3v) is 23.6. The lowest BCUT2D eigenvalue weighted by atomic mass is 9.96. The topological polar surface area (TPSA) is 497 Å². The fourth-order valence-electron chi connectivity index (χ4n) is 12.5. The number of carbonyl (C=O) groups excluding carboxylic acids is 3. The van der Waals surface area contributed by atoms with Crippen molar-refractivity contribution in [3.8, 4) is 52.8 Å². The summed E-state index contributed by atoms with van der Waals surface area (Å²) < 4.78 is 227. The number of hydrogen-bond acceptors (Lipinski definition) is 31. The molecule has 0 amide bonds. The van der Waals surface area contributed by atoms with Crippen molar-refractivity contribution in [2.45, 2.75) is 174 Å². The number of rotatable bonds is 30. The number of ether oxygens (including phenoxy) is 6. The van der Waals surface area contributed by atoms with Crippen LogP contribution in [0.3, 0.4) is 0 Å². The van der Waals surface area contributed by atoms with Crippen LogP contribution in [0.1, 0.15) is 110 Å². The maximum absolute atomic E-state index is 16.6. The number of para-hydroxylation sites is 3. The predicted molar refractivity (Wildman–Crippen MR) is 439 cm³/mol. The van der Waals surface area contributed by atoms with E-state index in [1.54, 1.807) is 96.1 Å². The second-order valence-corrected chi connectivity index (χ2v) is 34.8. The zero-order valence-corrected chi connectivity index (χ0v) is 70.7. The SMILES string of the molecule is [2H]C([2H])(O[P@@](=O)(C[C@@H](C)C(=O)OC(C)C)Oc1ccccc1)[C@H]1O[C@@H](n2cc(F)c3c(=O)[nH]c(N)nc32)C(F)(C#CC)[C@H]1O.[2H]C([2H])(O[P@@](=O)(C[C@@H](C)C(=O)OC(C)C)Oc1ccccc1)[C@H]1O[C@@H](n2ccc3c(=O)[nH]c(N)nc32)C(F)(C#CC)[C@H]1O.[2H]C([2H])(O[P@@](=O)(C[C@@H](C)C(=O)OC(C)C)Oc1ccccc1)[C@H]1O[C@@H](n2cnc3cnc(N)nc32)C(F)(C#CC)[C@H]1O. The first-order valence-electron chi connectivity index (χ1n) is 40.8. The van der Waals surface area contributed by atoms with Gasteiger partial charge in [-0.2, -0.15) is 15.0 Å². The number of hydrogen-bond donors (Lipinski definition) is 8. The number of aliphatic hydroxyl groups excluding tert-OH is 3. The van der Waals surface area contributed by atoms with Crippen LogP contribution >= 0.6 is 22.8 Å². The van der Waals surface area contributed by atoms with Crippen molar-refractivity contribution in [2.24, 2.45) is 17.8 Å². The molecule has 0 saturated carbocycles. The van der Waals surface area contributed by atoms with E-state index >= 15 is 13.2 Å². The molecule has 9 aromatic rings. The number of halogens is 4. The minimum absolute atomic E-state index is 0.00156. The Morgan fingerprint density at radius 1 is 0.528 bits per heavy atom. The summed E-state index contributed by atoms with van der Waals surface area (Å²) in [5.74, 6) is 6.34. The smallest absolute Gasteiger partial charge is 0.380 e. The molecule has 11 N–H and O–H groups in total. The lowest BCUT2D eigenvalue weighted by Gasteiger charge is -2.25. The van der Waals surface area contributed by atoms with Gasteiger partial charge in [0.15, 0.2) is 41.4 Å². The van der Waals surface area contributed by atoms with Crippen LogP contribution in [-0.2, 0) is 70.1 Å². The van der Waals surface area contributed by atoms with Gasteiger partial charge in [-0.25, -0.2) is 41.2 Å². The largest absolute Gasteiger partial charge is 0.463 e. The molecule has 3 aliphatic rings. The van der Waals surface area contributed by atoms with E-state index in [0.29, 0.717) is 10.8 Å². The first-order valence-corrected chi connectivity index (χ1v) is 43.0. The Hall–Kier alpha value is -11.0. The van der Waals surface area contributed by atoms with Gasteiger partial charge >= 0.3 is 40.7 Å². The fourth-order valence-corrected chi connectivity index (χ4v) is 17.7. The Bertz CT molecular complexity index is 6060. The average molecular weight is 1780 g/mol. The summed E-state index contributed by atoms with van der Waals surface area (Å²) in [5, 5.41) is 32.8. The molecule has 9 heterocycles.